The normalized spacial score (nSPS) is 14.9. The molecule has 1 aliphatic rings. The van der Waals surface area contributed by atoms with E-state index in [2.05, 4.69) is 5.32 Å². The Kier molecular flexibility index (Phi) is 5.63. The van der Waals surface area contributed by atoms with Crippen LogP contribution < -0.4 is 11.1 Å². The number of hydrogen-bond acceptors (Lipinski definition) is 3. The predicted molar refractivity (Wildman–Crippen MR) is 98.0 cm³/mol. The highest BCUT2D eigenvalue weighted by atomic mass is 19.1. The number of benzene rings is 2. The second kappa shape index (κ2) is 8.10. The molecule has 3 N–H and O–H groups in total. The van der Waals surface area contributed by atoms with E-state index in [0.717, 1.165) is 5.56 Å². The van der Waals surface area contributed by atoms with E-state index in [-0.39, 0.29) is 23.5 Å². The number of carbonyl (C=O) groups excluding carboxylic acids is 2. The van der Waals surface area contributed by atoms with E-state index in [1.165, 1.54) is 24.3 Å². The fourth-order valence-electron chi connectivity index (χ4n) is 3.09. The van der Waals surface area contributed by atoms with E-state index in [0.29, 0.717) is 43.7 Å². The van der Waals surface area contributed by atoms with Gasteiger partial charge >= 0.3 is 0 Å². The molecule has 0 saturated carbocycles. The highest BCUT2D eigenvalue weighted by Gasteiger charge is 2.27. The second-order valence-corrected chi connectivity index (χ2v) is 6.46. The molecule has 0 unspecified atom stereocenters. The minimum absolute atomic E-state index is 0.0223. The number of anilines is 1. The van der Waals surface area contributed by atoms with Crippen molar-refractivity contribution in [3.05, 3.63) is 65.5 Å². The molecule has 2 amide bonds. The van der Waals surface area contributed by atoms with Gasteiger partial charge in [-0.15, -0.1) is 0 Å². The molecule has 136 valence electrons. The van der Waals surface area contributed by atoms with Crippen LogP contribution in [0.3, 0.4) is 0 Å². The smallest absolute Gasteiger partial charge is 0.253 e. The lowest BCUT2D eigenvalue weighted by Crippen LogP contribution is -2.41. The summed E-state index contributed by atoms with van der Waals surface area (Å²) in [6, 6.07) is 13.0. The van der Waals surface area contributed by atoms with Crippen molar-refractivity contribution in [2.45, 2.75) is 19.4 Å². The number of halogens is 1. The Morgan fingerprint density at radius 3 is 2.23 bits per heavy atom. The number of rotatable bonds is 4. The maximum atomic E-state index is 12.9. The van der Waals surface area contributed by atoms with E-state index < -0.39 is 0 Å². The average molecular weight is 355 g/mol. The molecule has 6 heteroatoms. The Hall–Kier alpha value is -2.73. The standard InChI is InChI=1S/C20H22FN3O2/c21-17-5-7-18(8-6-17)23-19(25)15-9-11-24(12-10-15)20(26)16-3-1-14(13-22)2-4-16/h1-8,15H,9-13,22H2,(H,23,25). The zero-order valence-corrected chi connectivity index (χ0v) is 14.5. The van der Waals surface area contributed by atoms with Gasteiger partial charge < -0.3 is 16.0 Å². The molecule has 1 heterocycles. The molecule has 5 nitrogen and oxygen atoms in total. The maximum Gasteiger partial charge on any atom is 0.253 e. The van der Waals surface area contributed by atoms with Gasteiger partial charge in [0.15, 0.2) is 0 Å². The topological polar surface area (TPSA) is 75.4 Å². The van der Waals surface area contributed by atoms with Crippen molar-refractivity contribution in [3.63, 3.8) is 0 Å². The van der Waals surface area contributed by atoms with E-state index >= 15 is 0 Å². The third-order valence-electron chi connectivity index (χ3n) is 4.70. The van der Waals surface area contributed by atoms with Crippen LogP contribution >= 0.6 is 0 Å². The monoisotopic (exact) mass is 355 g/mol. The Balaban J connectivity index is 1.53. The molecule has 1 aliphatic heterocycles. The summed E-state index contributed by atoms with van der Waals surface area (Å²) in [5.41, 5.74) is 7.77. The van der Waals surface area contributed by atoms with Crippen LogP contribution in [0.25, 0.3) is 0 Å². The van der Waals surface area contributed by atoms with Gasteiger partial charge in [0.2, 0.25) is 5.91 Å². The van der Waals surface area contributed by atoms with Gasteiger partial charge in [-0.2, -0.15) is 0 Å². The Morgan fingerprint density at radius 2 is 1.65 bits per heavy atom. The zero-order valence-electron chi connectivity index (χ0n) is 14.5. The van der Waals surface area contributed by atoms with Crippen LogP contribution in [0.5, 0.6) is 0 Å². The van der Waals surface area contributed by atoms with Crippen molar-refractivity contribution in [2.24, 2.45) is 11.7 Å². The van der Waals surface area contributed by atoms with Gasteiger partial charge in [0.25, 0.3) is 5.91 Å². The molecule has 3 rings (SSSR count). The first-order valence-electron chi connectivity index (χ1n) is 8.71. The number of nitrogens with two attached hydrogens (primary N) is 1. The SMILES string of the molecule is NCc1ccc(C(=O)N2CCC(C(=O)Nc3ccc(F)cc3)CC2)cc1. The summed E-state index contributed by atoms with van der Waals surface area (Å²) in [5, 5.41) is 2.81. The Labute approximate surface area is 152 Å². The summed E-state index contributed by atoms with van der Waals surface area (Å²) < 4.78 is 12.9. The number of hydrogen-bond donors (Lipinski definition) is 2. The largest absolute Gasteiger partial charge is 0.339 e. The van der Waals surface area contributed by atoms with Gasteiger partial charge in [0.1, 0.15) is 5.82 Å². The van der Waals surface area contributed by atoms with Crippen molar-refractivity contribution in [1.29, 1.82) is 0 Å². The molecular formula is C20H22FN3O2. The number of piperidine rings is 1. The first-order valence-corrected chi connectivity index (χ1v) is 8.71. The van der Waals surface area contributed by atoms with E-state index in [4.69, 9.17) is 5.73 Å². The summed E-state index contributed by atoms with van der Waals surface area (Å²) in [4.78, 5) is 26.7. The summed E-state index contributed by atoms with van der Waals surface area (Å²) in [6.45, 7) is 1.53. The number of nitrogens with zero attached hydrogens (tertiary/aromatic N) is 1. The van der Waals surface area contributed by atoms with Crippen LogP contribution in [0.15, 0.2) is 48.5 Å². The number of likely N-dealkylation sites (tertiary alicyclic amines) is 1. The van der Waals surface area contributed by atoms with Crippen molar-refractivity contribution < 1.29 is 14.0 Å². The molecular weight excluding hydrogens is 333 g/mol. The van der Waals surface area contributed by atoms with Crippen LogP contribution in [0.2, 0.25) is 0 Å². The molecule has 1 saturated heterocycles. The van der Waals surface area contributed by atoms with Crippen LogP contribution in [0.1, 0.15) is 28.8 Å². The predicted octanol–water partition coefficient (Wildman–Crippen LogP) is 2.78. The van der Waals surface area contributed by atoms with Gasteiger partial charge in [-0.05, 0) is 54.8 Å². The second-order valence-electron chi connectivity index (χ2n) is 6.46. The Bertz CT molecular complexity index is 767. The van der Waals surface area contributed by atoms with E-state index in [1.807, 2.05) is 12.1 Å². The third-order valence-corrected chi connectivity index (χ3v) is 4.70. The highest BCUT2D eigenvalue weighted by Crippen LogP contribution is 2.21. The molecule has 0 aromatic heterocycles. The molecule has 26 heavy (non-hydrogen) atoms. The van der Waals surface area contributed by atoms with Crippen LogP contribution in [0, 0.1) is 11.7 Å². The average Bonchev–Trinajstić information content (AvgIpc) is 2.69. The summed E-state index contributed by atoms with van der Waals surface area (Å²) >= 11 is 0. The maximum absolute atomic E-state index is 12.9. The lowest BCUT2D eigenvalue weighted by atomic mass is 9.95. The highest BCUT2D eigenvalue weighted by molar-refractivity contribution is 5.95. The van der Waals surface area contributed by atoms with Crippen molar-refractivity contribution >= 4 is 17.5 Å². The van der Waals surface area contributed by atoms with Gasteiger partial charge in [0.05, 0.1) is 0 Å². The van der Waals surface area contributed by atoms with Gasteiger partial charge in [-0.25, -0.2) is 4.39 Å². The van der Waals surface area contributed by atoms with Crippen LogP contribution in [-0.4, -0.2) is 29.8 Å². The number of nitrogens with one attached hydrogen (secondary N) is 1. The summed E-state index contributed by atoms with van der Waals surface area (Å²) in [5.74, 6) is -0.597. The number of amides is 2. The lowest BCUT2D eigenvalue weighted by Gasteiger charge is -2.31. The molecule has 2 aromatic carbocycles. The number of carbonyl (C=O) groups is 2. The molecule has 0 radical (unpaired) electrons. The fraction of sp³-hybridized carbons (Fsp3) is 0.300. The fourth-order valence-corrected chi connectivity index (χ4v) is 3.09. The minimum Gasteiger partial charge on any atom is -0.339 e. The molecule has 0 spiro atoms. The lowest BCUT2D eigenvalue weighted by molar-refractivity contribution is -0.121. The zero-order chi connectivity index (χ0) is 18.5. The third kappa shape index (κ3) is 4.26. The van der Waals surface area contributed by atoms with Crippen molar-refractivity contribution in [1.82, 2.24) is 4.90 Å². The van der Waals surface area contributed by atoms with E-state index in [9.17, 15) is 14.0 Å². The summed E-state index contributed by atoms with van der Waals surface area (Å²) in [6.07, 6.45) is 1.22. The molecule has 0 atom stereocenters. The molecule has 0 aliphatic carbocycles. The first-order chi connectivity index (χ1) is 12.6. The van der Waals surface area contributed by atoms with Crippen LogP contribution in [-0.2, 0) is 11.3 Å². The summed E-state index contributed by atoms with van der Waals surface area (Å²) in [7, 11) is 0. The van der Waals surface area contributed by atoms with Gasteiger partial charge in [-0.1, -0.05) is 12.1 Å². The van der Waals surface area contributed by atoms with Crippen LogP contribution in [0.4, 0.5) is 10.1 Å². The molecule has 2 aromatic rings. The minimum atomic E-state index is -0.339. The quantitative estimate of drug-likeness (QED) is 0.885. The van der Waals surface area contributed by atoms with Crippen molar-refractivity contribution in [3.8, 4) is 0 Å². The Morgan fingerprint density at radius 1 is 1.04 bits per heavy atom. The van der Waals surface area contributed by atoms with Crippen molar-refractivity contribution in [2.75, 3.05) is 18.4 Å². The van der Waals surface area contributed by atoms with E-state index in [1.54, 1.807) is 17.0 Å². The molecule has 1 fully saturated rings. The van der Waals surface area contributed by atoms with Gasteiger partial charge in [0, 0.05) is 36.8 Å². The molecule has 0 bridgehead atoms. The first kappa shape index (κ1) is 18.1. The van der Waals surface area contributed by atoms with Gasteiger partial charge in [-0.3, -0.25) is 9.59 Å².